The third-order valence-corrected chi connectivity index (χ3v) is 12.6. The first-order valence-corrected chi connectivity index (χ1v) is 15.5. The topological polar surface area (TPSA) is 44.8 Å². The first kappa shape index (κ1) is 25.3. The molecule has 7 rings (SSSR count). The molecule has 4 nitrogen and oxygen atoms in total. The molecule has 0 bridgehead atoms. The standard InChI is InChI=1S/C34H46O4/c1-21-12-17-34(36-20-21)22(2)30-29(38-34)19-28-26-11-10-24-18-25(37-31(35)23-8-6-5-7-9-23)13-15-32(24,3)27(26)14-16-33(28,30)4/h5-10,21-22,25-30H,11-20H2,1-4H3/t21?,22?,25?,26?,27?,28?,29?,30?,32-,33-,34?/m0/s1. The highest BCUT2D eigenvalue weighted by Gasteiger charge is 2.68. The monoisotopic (exact) mass is 518 g/mol. The lowest BCUT2D eigenvalue weighted by molar-refractivity contribution is -0.272. The normalized spacial score (nSPS) is 49.4. The van der Waals surface area contributed by atoms with Crippen molar-refractivity contribution in [2.45, 2.75) is 103 Å². The molecule has 6 aliphatic rings. The Morgan fingerprint density at radius 3 is 2.58 bits per heavy atom. The summed E-state index contributed by atoms with van der Waals surface area (Å²) in [6.07, 6.45) is 13.3. The quantitative estimate of drug-likeness (QED) is 0.299. The predicted octanol–water partition coefficient (Wildman–Crippen LogP) is 7.58. The summed E-state index contributed by atoms with van der Waals surface area (Å²) in [7, 11) is 0. The van der Waals surface area contributed by atoms with Crippen molar-refractivity contribution < 1.29 is 19.0 Å². The van der Waals surface area contributed by atoms with Crippen molar-refractivity contribution in [3.63, 3.8) is 0 Å². The number of carbonyl (C=O) groups is 1. The van der Waals surface area contributed by atoms with Gasteiger partial charge >= 0.3 is 5.97 Å². The van der Waals surface area contributed by atoms with Gasteiger partial charge in [-0.2, -0.15) is 0 Å². The van der Waals surface area contributed by atoms with E-state index in [0.717, 1.165) is 50.0 Å². The van der Waals surface area contributed by atoms with E-state index < -0.39 is 0 Å². The summed E-state index contributed by atoms with van der Waals surface area (Å²) in [5, 5.41) is 0. The SMILES string of the molecule is CC1CCC2(OC1)OC1CC3C4CC=C5CC(OC(=O)c6ccccc6)CC[C@]5(C)C4CC[C@]3(C)C1C2C. The van der Waals surface area contributed by atoms with Gasteiger partial charge in [-0.3, -0.25) is 0 Å². The molecule has 1 aromatic rings. The number of allylic oxidation sites excluding steroid dienone is 1. The van der Waals surface area contributed by atoms with E-state index in [1.807, 2.05) is 30.3 Å². The zero-order valence-electron chi connectivity index (χ0n) is 23.8. The van der Waals surface area contributed by atoms with E-state index in [2.05, 4.69) is 33.8 Å². The number of esters is 1. The highest BCUT2D eigenvalue weighted by atomic mass is 16.7. The van der Waals surface area contributed by atoms with Gasteiger partial charge in [-0.25, -0.2) is 4.79 Å². The zero-order chi connectivity index (χ0) is 26.3. The predicted molar refractivity (Wildman–Crippen MR) is 147 cm³/mol. The Balaban J connectivity index is 1.08. The largest absolute Gasteiger partial charge is 0.458 e. The molecule has 0 N–H and O–H groups in total. The maximum absolute atomic E-state index is 12.7. The van der Waals surface area contributed by atoms with Crippen LogP contribution in [0.4, 0.5) is 0 Å². The van der Waals surface area contributed by atoms with Crippen LogP contribution in [0.1, 0.15) is 95.8 Å². The lowest BCUT2D eigenvalue weighted by Gasteiger charge is -2.58. The minimum atomic E-state index is -0.326. The third-order valence-electron chi connectivity index (χ3n) is 12.6. The van der Waals surface area contributed by atoms with Crippen LogP contribution in [0.5, 0.6) is 0 Å². The summed E-state index contributed by atoms with van der Waals surface area (Å²) < 4.78 is 19.5. The molecule has 38 heavy (non-hydrogen) atoms. The third kappa shape index (κ3) is 3.65. The van der Waals surface area contributed by atoms with E-state index in [1.165, 1.54) is 32.1 Å². The van der Waals surface area contributed by atoms with Gasteiger partial charge in [0.05, 0.1) is 18.3 Å². The molecular formula is C34H46O4. The number of ether oxygens (including phenoxy) is 3. The van der Waals surface area contributed by atoms with Gasteiger partial charge in [0.1, 0.15) is 6.10 Å². The fraction of sp³-hybridized carbons (Fsp3) is 0.735. The Morgan fingerprint density at radius 1 is 1.00 bits per heavy atom. The van der Waals surface area contributed by atoms with E-state index in [9.17, 15) is 4.79 Å². The first-order chi connectivity index (χ1) is 18.2. The van der Waals surface area contributed by atoms with Crippen molar-refractivity contribution in [1.82, 2.24) is 0 Å². The highest BCUT2D eigenvalue weighted by Crippen LogP contribution is 2.70. The average Bonchev–Trinajstić information content (AvgIpc) is 3.36. The molecule has 1 spiro atoms. The molecule has 4 aliphatic carbocycles. The molecule has 4 heteroatoms. The molecule has 2 aliphatic heterocycles. The summed E-state index contributed by atoms with van der Waals surface area (Å²) >= 11 is 0. The number of fused-ring (bicyclic) bond motifs is 7. The molecule has 0 amide bonds. The number of hydrogen-bond acceptors (Lipinski definition) is 4. The molecule has 1 aromatic carbocycles. The fourth-order valence-electron chi connectivity index (χ4n) is 10.5. The average molecular weight is 519 g/mol. The molecule has 5 fully saturated rings. The summed E-state index contributed by atoms with van der Waals surface area (Å²) in [5.74, 6) is 3.46. The second kappa shape index (κ2) is 8.93. The molecule has 11 atom stereocenters. The van der Waals surface area contributed by atoms with Crippen LogP contribution in [0.25, 0.3) is 0 Å². The summed E-state index contributed by atoms with van der Waals surface area (Å²) in [6.45, 7) is 10.7. The van der Waals surface area contributed by atoms with Crippen LogP contribution in [0.15, 0.2) is 42.0 Å². The maximum atomic E-state index is 12.7. The second-order valence-electron chi connectivity index (χ2n) is 14.4. The van der Waals surface area contributed by atoms with Crippen molar-refractivity contribution in [1.29, 1.82) is 0 Å². The van der Waals surface area contributed by atoms with Crippen LogP contribution < -0.4 is 0 Å². The number of benzene rings is 1. The Hall–Kier alpha value is -1.65. The van der Waals surface area contributed by atoms with E-state index in [-0.39, 0.29) is 23.3 Å². The summed E-state index contributed by atoms with van der Waals surface area (Å²) in [4.78, 5) is 12.7. The van der Waals surface area contributed by atoms with Crippen LogP contribution in [0.2, 0.25) is 0 Å². The summed E-state index contributed by atoms with van der Waals surface area (Å²) in [6, 6.07) is 9.45. The van der Waals surface area contributed by atoms with Crippen LogP contribution in [-0.2, 0) is 14.2 Å². The van der Waals surface area contributed by atoms with Gasteiger partial charge in [-0.05, 0) is 97.5 Å². The van der Waals surface area contributed by atoms with E-state index in [1.54, 1.807) is 5.57 Å². The van der Waals surface area contributed by atoms with Gasteiger partial charge in [-0.15, -0.1) is 0 Å². The molecule has 2 saturated heterocycles. The van der Waals surface area contributed by atoms with Crippen LogP contribution in [-0.4, -0.2) is 30.6 Å². The van der Waals surface area contributed by atoms with Gasteiger partial charge in [0.2, 0.25) is 0 Å². The second-order valence-corrected chi connectivity index (χ2v) is 14.4. The molecule has 206 valence electrons. The van der Waals surface area contributed by atoms with Crippen molar-refractivity contribution in [3.05, 3.63) is 47.5 Å². The van der Waals surface area contributed by atoms with Gasteiger partial charge in [-0.1, -0.05) is 57.5 Å². The molecular weight excluding hydrogens is 472 g/mol. The molecule has 0 aromatic heterocycles. The van der Waals surface area contributed by atoms with Crippen LogP contribution in [0.3, 0.4) is 0 Å². The minimum Gasteiger partial charge on any atom is -0.458 e. The van der Waals surface area contributed by atoms with Crippen molar-refractivity contribution in [2.24, 2.45) is 46.3 Å². The van der Waals surface area contributed by atoms with Crippen molar-refractivity contribution >= 4 is 5.97 Å². The first-order valence-electron chi connectivity index (χ1n) is 15.5. The maximum Gasteiger partial charge on any atom is 0.338 e. The van der Waals surface area contributed by atoms with E-state index in [4.69, 9.17) is 14.2 Å². The highest BCUT2D eigenvalue weighted by molar-refractivity contribution is 5.89. The number of rotatable bonds is 2. The van der Waals surface area contributed by atoms with Crippen molar-refractivity contribution in [2.75, 3.05) is 6.61 Å². The molecule has 2 heterocycles. The van der Waals surface area contributed by atoms with Crippen LogP contribution in [0, 0.1) is 46.3 Å². The zero-order valence-corrected chi connectivity index (χ0v) is 23.8. The lowest BCUT2D eigenvalue weighted by atomic mass is 9.47. The molecule has 9 unspecified atom stereocenters. The Kier molecular flexibility index (Phi) is 5.95. The molecule has 3 saturated carbocycles. The number of carbonyl (C=O) groups excluding carboxylic acids is 1. The Labute approximate surface area is 228 Å². The van der Waals surface area contributed by atoms with Gasteiger partial charge in [0.25, 0.3) is 0 Å². The van der Waals surface area contributed by atoms with Gasteiger partial charge in [0.15, 0.2) is 5.79 Å². The van der Waals surface area contributed by atoms with E-state index >= 15 is 0 Å². The van der Waals surface area contributed by atoms with Crippen LogP contribution >= 0.6 is 0 Å². The van der Waals surface area contributed by atoms with E-state index in [0.29, 0.717) is 34.8 Å². The molecule has 0 radical (unpaired) electrons. The summed E-state index contributed by atoms with van der Waals surface area (Å²) in [5.41, 5.74) is 2.81. The van der Waals surface area contributed by atoms with Gasteiger partial charge < -0.3 is 14.2 Å². The van der Waals surface area contributed by atoms with Gasteiger partial charge in [0, 0.05) is 18.8 Å². The Morgan fingerprint density at radius 2 is 1.82 bits per heavy atom. The lowest BCUT2D eigenvalue weighted by Crippen LogP contribution is -2.52. The smallest absolute Gasteiger partial charge is 0.338 e. The Bertz CT molecular complexity index is 1100. The fourth-order valence-corrected chi connectivity index (χ4v) is 10.5. The van der Waals surface area contributed by atoms with Crippen molar-refractivity contribution in [3.8, 4) is 0 Å². The number of hydrogen-bond donors (Lipinski definition) is 0. The minimum absolute atomic E-state index is 0.00178.